The predicted molar refractivity (Wildman–Crippen MR) is 109 cm³/mol. The highest BCUT2D eigenvalue weighted by atomic mass is 19.4. The third kappa shape index (κ3) is 5.62. The van der Waals surface area contributed by atoms with Gasteiger partial charge in [0.15, 0.2) is 18.1 Å². The molecule has 1 unspecified atom stereocenters. The van der Waals surface area contributed by atoms with Gasteiger partial charge in [-0.15, -0.1) is 0 Å². The lowest BCUT2D eigenvalue weighted by Gasteiger charge is -2.15. The van der Waals surface area contributed by atoms with Crippen LogP contribution in [0.15, 0.2) is 18.3 Å². The van der Waals surface area contributed by atoms with Gasteiger partial charge in [-0.3, -0.25) is 19.3 Å². The summed E-state index contributed by atoms with van der Waals surface area (Å²) in [7, 11) is 0. The van der Waals surface area contributed by atoms with Crippen molar-refractivity contribution in [3.63, 3.8) is 0 Å². The second kappa shape index (κ2) is 8.84. The van der Waals surface area contributed by atoms with Crippen molar-refractivity contribution in [1.29, 1.82) is 0 Å². The summed E-state index contributed by atoms with van der Waals surface area (Å²) in [5.74, 6) is -5.53. The van der Waals surface area contributed by atoms with E-state index in [1.54, 1.807) is 0 Å². The fourth-order valence-electron chi connectivity index (χ4n) is 4.01. The maximum Gasteiger partial charge on any atom is 0.422 e. The number of rotatable bonds is 8. The largest absolute Gasteiger partial charge is 0.480 e. The quantitative estimate of drug-likeness (QED) is 0.549. The van der Waals surface area contributed by atoms with Crippen molar-refractivity contribution in [3.8, 4) is 5.75 Å². The van der Waals surface area contributed by atoms with Crippen LogP contribution in [0, 0.1) is 5.92 Å². The summed E-state index contributed by atoms with van der Waals surface area (Å²) in [6.07, 6.45) is -2.63. The number of aromatic nitrogens is 3. The summed E-state index contributed by atoms with van der Waals surface area (Å²) in [5, 5.41) is 6.81. The highest BCUT2D eigenvalue weighted by Crippen LogP contribution is 2.46. The number of nitrogens with zero attached hydrogens (tertiary/aromatic N) is 3. The minimum absolute atomic E-state index is 0.0731. The average Bonchev–Trinajstić information content (AvgIpc) is 3.43. The molecular formula is C21H22F5N5O3. The molecule has 2 heterocycles. The third-order valence-electron chi connectivity index (χ3n) is 5.70. The van der Waals surface area contributed by atoms with Crippen LogP contribution in [0.4, 0.5) is 27.6 Å². The molecular weight excluding hydrogens is 465 g/mol. The molecule has 2 saturated carbocycles. The van der Waals surface area contributed by atoms with Crippen molar-refractivity contribution in [2.45, 2.75) is 56.7 Å². The van der Waals surface area contributed by atoms with Gasteiger partial charge in [-0.1, -0.05) is 0 Å². The molecule has 0 aromatic carbocycles. The van der Waals surface area contributed by atoms with Gasteiger partial charge in [-0.05, 0) is 37.3 Å². The Hall–Kier alpha value is -3.25. The molecule has 2 amide bonds. The molecule has 0 spiro atoms. The van der Waals surface area contributed by atoms with E-state index in [1.165, 1.54) is 18.3 Å². The van der Waals surface area contributed by atoms with E-state index in [9.17, 15) is 31.5 Å². The van der Waals surface area contributed by atoms with Gasteiger partial charge >= 0.3 is 6.18 Å². The van der Waals surface area contributed by atoms with Crippen molar-refractivity contribution in [2.24, 2.45) is 11.7 Å². The van der Waals surface area contributed by atoms with Crippen LogP contribution >= 0.6 is 0 Å². The number of nitrogens with two attached hydrogens (primary N) is 1. The number of alkyl halides is 5. The first-order chi connectivity index (χ1) is 15.9. The van der Waals surface area contributed by atoms with Gasteiger partial charge in [0, 0.05) is 37.2 Å². The molecule has 0 bridgehead atoms. The molecule has 1 atom stereocenters. The topological polar surface area (TPSA) is 112 Å². The van der Waals surface area contributed by atoms with E-state index in [0.29, 0.717) is 12.8 Å². The van der Waals surface area contributed by atoms with Gasteiger partial charge in [-0.25, -0.2) is 8.78 Å². The minimum atomic E-state index is -4.66. The third-order valence-corrected chi connectivity index (χ3v) is 5.70. The van der Waals surface area contributed by atoms with Crippen LogP contribution in [-0.2, 0) is 6.54 Å². The number of primary amides is 1. The summed E-state index contributed by atoms with van der Waals surface area (Å²) in [6, 6.07) is 2.57. The Bertz CT molecular complexity index is 1100. The fourth-order valence-corrected chi connectivity index (χ4v) is 4.01. The maximum absolute atomic E-state index is 13.7. The van der Waals surface area contributed by atoms with E-state index < -0.39 is 42.9 Å². The molecule has 13 heteroatoms. The van der Waals surface area contributed by atoms with E-state index in [0.717, 1.165) is 4.68 Å². The average molecular weight is 487 g/mol. The molecule has 2 aromatic heterocycles. The Kier molecular flexibility index (Phi) is 6.21. The Morgan fingerprint density at radius 1 is 1.26 bits per heavy atom. The molecule has 2 fully saturated rings. The second-order valence-electron chi connectivity index (χ2n) is 8.64. The van der Waals surface area contributed by atoms with Crippen molar-refractivity contribution in [3.05, 3.63) is 35.4 Å². The molecule has 184 valence electrons. The summed E-state index contributed by atoms with van der Waals surface area (Å²) in [6.45, 7) is -1.71. The first kappa shape index (κ1) is 23.9. The van der Waals surface area contributed by atoms with Gasteiger partial charge in [0.1, 0.15) is 11.4 Å². The zero-order chi connectivity index (χ0) is 24.7. The summed E-state index contributed by atoms with van der Waals surface area (Å²) >= 11 is 0. The number of hydrogen-bond acceptors (Lipinski definition) is 5. The molecule has 34 heavy (non-hydrogen) atoms. The standard InChI is InChI=1S/C21H22F5N5O3/c22-20(23)5-3-11(8-20)9-31-16(19(33)29-13-4-6-28-14(7-13)18(27)32)17(34-10-21(24,25)26)15(30-31)12-1-2-12/h4,6-7,11-12H,1-3,5,8-10H2,(H2,27,32)(H,28,29,33). The van der Waals surface area contributed by atoms with Crippen LogP contribution in [-0.4, -0.2) is 45.3 Å². The molecule has 2 aliphatic carbocycles. The molecule has 2 aliphatic rings. The van der Waals surface area contributed by atoms with Crippen LogP contribution in [0.25, 0.3) is 0 Å². The minimum Gasteiger partial charge on any atom is -0.480 e. The van der Waals surface area contributed by atoms with E-state index in [1.807, 2.05) is 0 Å². The highest BCUT2D eigenvalue weighted by Gasteiger charge is 2.42. The number of anilines is 1. The molecule has 0 saturated heterocycles. The summed E-state index contributed by atoms with van der Waals surface area (Å²) in [5.41, 5.74) is 5.08. The molecule has 0 aliphatic heterocycles. The normalized spacial score (nSPS) is 19.7. The summed E-state index contributed by atoms with van der Waals surface area (Å²) in [4.78, 5) is 28.3. The van der Waals surface area contributed by atoms with E-state index in [-0.39, 0.29) is 53.8 Å². The van der Waals surface area contributed by atoms with Crippen molar-refractivity contribution >= 4 is 17.5 Å². The van der Waals surface area contributed by atoms with Crippen molar-refractivity contribution in [1.82, 2.24) is 14.8 Å². The highest BCUT2D eigenvalue weighted by molar-refractivity contribution is 6.05. The van der Waals surface area contributed by atoms with Gasteiger partial charge in [-0.2, -0.15) is 18.3 Å². The molecule has 3 N–H and O–H groups in total. The van der Waals surface area contributed by atoms with Crippen LogP contribution < -0.4 is 15.8 Å². The number of ether oxygens (including phenoxy) is 1. The zero-order valence-corrected chi connectivity index (χ0v) is 17.9. The SMILES string of the molecule is NC(=O)c1cc(NC(=O)c2c(OCC(F)(F)F)c(C3CC3)nn2CC2CCC(F)(F)C2)ccn1. The lowest BCUT2D eigenvalue weighted by Crippen LogP contribution is -2.24. The predicted octanol–water partition coefficient (Wildman–Crippen LogP) is 3.88. The number of carbonyl (C=O) groups excluding carboxylic acids is 2. The second-order valence-corrected chi connectivity index (χ2v) is 8.64. The van der Waals surface area contributed by atoms with Crippen LogP contribution in [0.5, 0.6) is 5.75 Å². The van der Waals surface area contributed by atoms with Crippen LogP contribution in [0.2, 0.25) is 0 Å². The zero-order valence-electron chi connectivity index (χ0n) is 17.9. The molecule has 8 nitrogen and oxygen atoms in total. The first-order valence-corrected chi connectivity index (χ1v) is 10.7. The number of amides is 2. The fraction of sp³-hybridized carbons (Fsp3) is 0.524. The van der Waals surface area contributed by atoms with Gasteiger partial charge < -0.3 is 15.8 Å². The number of hydrogen-bond donors (Lipinski definition) is 2. The smallest absolute Gasteiger partial charge is 0.422 e. The van der Waals surface area contributed by atoms with E-state index in [2.05, 4.69) is 15.4 Å². The molecule has 2 aromatic rings. The van der Waals surface area contributed by atoms with Gasteiger partial charge in [0.25, 0.3) is 11.8 Å². The monoisotopic (exact) mass is 487 g/mol. The van der Waals surface area contributed by atoms with Gasteiger partial charge in [0.2, 0.25) is 5.92 Å². The van der Waals surface area contributed by atoms with E-state index in [4.69, 9.17) is 10.5 Å². The Labute approximate surface area is 190 Å². The molecule has 4 rings (SSSR count). The first-order valence-electron chi connectivity index (χ1n) is 10.7. The maximum atomic E-state index is 13.7. The van der Waals surface area contributed by atoms with Crippen LogP contribution in [0.3, 0.4) is 0 Å². The Balaban J connectivity index is 1.68. The Morgan fingerprint density at radius 3 is 2.59 bits per heavy atom. The van der Waals surface area contributed by atoms with E-state index >= 15 is 0 Å². The number of pyridine rings is 1. The number of nitrogens with one attached hydrogen (secondary N) is 1. The lowest BCUT2D eigenvalue weighted by atomic mass is 10.1. The number of carbonyl (C=O) groups is 2. The van der Waals surface area contributed by atoms with Gasteiger partial charge in [0.05, 0.1) is 0 Å². The lowest BCUT2D eigenvalue weighted by molar-refractivity contribution is -0.153. The van der Waals surface area contributed by atoms with Crippen molar-refractivity contribution < 1.29 is 36.3 Å². The number of halogens is 5. The molecule has 0 radical (unpaired) electrons. The van der Waals surface area contributed by atoms with Crippen molar-refractivity contribution in [2.75, 3.05) is 11.9 Å². The van der Waals surface area contributed by atoms with Crippen LogP contribution in [0.1, 0.15) is 64.7 Å². The Morgan fingerprint density at radius 2 is 2.00 bits per heavy atom. The summed E-state index contributed by atoms with van der Waals surface area (Å²) < 4.78 is 72.4.